The van der Waals surface area contributed by atoms with E-state index in [-0.39, 0.29) is 5.91 Å². The number of carbonyl (C=O) groups is 1. The minimum Gasteiger partial charge on any atom is -0.494 e. The lowest BCUT2D eigenvalue weighted by Crippen LogP contribution is -2.30. The third-order valence-corrected chi connectivity index (χ3v) is 3.70. The van der Waals surface area contributed by atoms with E-state index in [0.717, 1.165) is 19.5 Å². The second-order valence-corrected chi connectivity index (χ2v) is 5.53. The van der Waals surface area contributed by atoms with E-state index in [2.05, 4.69) is 17.1 Å². The van der Waals surface area contributed by atoms with Gasteiger partial charge in [0.1, 0.15) is 5.75 Å². The molecule has 0 unspecified atom stereocenters. The maximum absolute atomic E-state index is 12.1. The molecule has 3 N–H and O–H groups in total. The van der Waals surface area contributed by atoms with Gasteiger partial charge in [-0.25, -0.2) is 0 Å². The first kappa shape index (κ1) is 15.6. The second-order valence-electron chi connectivity index (χ2n) is 5.53. The van der Waals surface area contributed by atoms with E-state index < -0.39 is 0 Å². The molecule has 5 nitrogen and oxygen atoms in total. The van der Waals surface area contributed by atoms with Crippen molar-refractivity contribution in [3.8, 4) is 5.75 Å². The van der Waals surface area contributed by atoms with Gasteiger partial charge in [0.05, 0.1) is 12.8 Å². The summed E-state index contributed by atoms with van der Waals surface area (Å²) in [5.74, 6) is 0.607. The van der Waals surface area contributed by atoms with E-state index in [4.69, 9.17) is 10.5 Å². The summed E-state index contributed by atoms with van der Waals surface area (Å²) in [5.41, 5.74) is 7.00. The largest absolute Gasteiger partial charge is 0.494 e. The summed E-state index contributed by atoms with van der Waals surface area (Å²) < 4.78 is 5.23. The molecule has 21 heavy (non-hydrogen) atoms. The predicted octanol–water partition coefficient (Wildman–Crippen LogP) is 2.48. The Morgan fingerprint density at radius 3 is 2.81 bits per heavy atom. The van der Waals surface area contributed by atoms with Crippen molar-refractivity contribution in [1.29, 1.82) is 0 Å². The fourth-order valence-corrected chi connectivity index (χ4v) is 2.47. The van der Waals surface area contributed by atoms with Crippen molar-refractivity contribution in [2.75, 3.05) is 31.2 Å². The lowest BCUT2D eigenvalue weighted by Gasteiger charge is -2.20. The monoisotopic (exact) mass is 291 g/mol. The van der Waals surface area contributed by atoms with Gasteiger partial charge in [-0.2, -0.15) is 0 Å². The molecule has 0 aliphatic heterocycles. The van der Waals surface area contributed by atoms with Gasteiger partial charge in [0.2, 0.25) is 5.91 Å². The predicted molar refractivity (Wildman–Crippen MR) is 85.5 cm³/mol. The summed E-state index contributed by atoms with van der Waals surface area (Å²) in [6.07, 6.45) is 4.18. The van der Waals surface area contributed by atoms with Crippen molar-refractivity contribution in [2.24, 2.45) is 0 Å². The summed E-state index contributed by atoms with van der Waals surface area (Å²) in [6, 6.07) is 5.94. The van der Waals surface area contributed by atoms with Crippen LogP contribution < -0.4 is 15.8 Å². The van der Waals surface area contributed by atoms with Crippen LogP contribution in [-0.4, -0.2) is 37.0 Å². The highest BCUT2D eigenvalue weighted by atomic mass is 16.5. The van der Waals surface area contributed by atoms with Crippen LogP contribution >= 0.6 is 0 Å². The van der Waals surface area contributed by atoms with Crippen LogP contribution in [0.15, 0.2) is 18.2 Å². The zero-order chi connectivity index (χ0) is 15.2. The molecular weight excluding hydrogens is 266 g/mol. The maximum Gasteiger partial charge on any atom is 0.225 e. The number of nitrogen functional groups attached to an aromatic ring is 1. The Bertz CT molecular complexity index is 486. The molecule has 5 heteroatoms. The third-order valence-electron chi connectivity index (χ3n) is 3.70. The highest BCUT2D eigenvalue weighted by molar-refractivity contribution is 5.92. The minimum absolute atomic E-state index is 0.0137. The number of amides is 1. The first-order valence-electron chi connectivity index (χ1n) is 7.61. The van der Waals surface area contributed by atoms with E-state index in [0.29, 0.717) is 29.6 Å². The number of hydrogen-bond acceptors (Lipinski definition) is 4. The van der Waals surface area contributed by atoms with Crippen molar-refractivity contribution < 1.29 is 9.53 Å². The van der Waals surface area contributed by atoms with Crippen LogP contribution in [0.3, 0.4) is 0 Å². The van der Waals surface area contributed by atoms with Gasteiger partial charge in [-0.3, -0.25) is 9.69 Å². The van der Waals surface area contributed by atoms with Crippen LogP contribution in [0.2, 0.25) is 0 Å². The minimum atomic E-state index is 0.0137. The molecule has 0 radical (unpaired) electrons. The second kappa shape index (κ2) is 7.31. The first-order valence-corrected chi connectivity index (χ1v) is 7.61. The number of hydrogen-bond donors (Lipinski definition) is 2. The molecule has 0 bridgehead atoms. The van der Waals surface area contributed by atoms with Gasteiger partial charge in [-0.05, 0) is 37.9 Å². The molecule has 0 spiro atoms. The highest BCUT2D eigenvalue weighted by Gasteiger charge is 2.28. The summed E-state index contributed by atoms with van der Waals surface area (Å²) in [4.78, 5) is 14.5. The average Bonchev–Trinajstić information content (AvgIpc) is 3.30. The van der Waals surface area contributed by atoms with Crippen molar-refractivity contribution >= 4 is 17.3 Å². The normalized spacial score (nSPS) is 14.2. The van der Waals surface area contributed by atoms with Gasteiger partial charge >= 0.3 is 0 Å². The Morgan fingerprint density at radius 2 is 2.19 bits per heavy atom. The Morgan fingerprint density at radius 1 is 1.43 bits per heavy atom. The lowest BCUT2D eigenvalue weighted by atomic mass is 10.2. The molecule has 2 rings (SSSR count). The van der Waals surface area contributed by atoms with Crippen LogP contribution in [0.25, 0.3) is 0 Å². The molecule has 0 atom stereocenters. The van der Waals surface area contributed by atoms with E-state index >= 15 is 0 Å². The molecule has 1 amide bonds. The average molecular weight is 291 g/mol. The van der Waals surface area contributed by atoms with Gasteiger partial charge in [0.25, 0.3) is 0 Å². The van der Waals surface area contributed by atoms with Gasteiger partial charge < -0.3 is 15.8 Å². The fraction of sp³-hybridized carbons (Fsp3) is 0.562. The number of benzene rings is 1. The number of anilines is 2. The molecule has 1 saturated carbocycles. The van der Waals surface area contributed by atoms with Gasteiger partial charge in [0.15, 0.2) is 0 Å². The van der Waals surface area contributed by atoms with E-state index in [1.54, 1.807) is 25.3 Å². The third kappa shape index (κ3) is 4.63. The number of ether oxygens (including phenoxy) is 1. The zero-order valence-corrected chi connectivity index (χ0v) is 12.9. The molecule has 116 valence electrons. The molecule has 1 fully saturated rings. The molecule has 1 aromatic carbocycles. The van der Waals surface area contributed by atoms with Gasteiger partial charge in [0, 0.05) is 30.8 Å². The van der Waals surface area contributed by atoms with Crippen LogP contribution in [-0.2, 0) is 4.79 Å². The van der Waals surface area contributed by atoms with Crippen molar-refractivity contribution in [3.63, 3.8) is 0 Å². The lowest BCUT2D eigenvalue weighted by molar-refractivity contribution is -0.116. The van der Waals surface area contributed by atoms with Crippen molar-refractivity contribution in [1.82, 2.24) is 4.90 Å². The summed E-state index contributed by atoms with van der Waals surface area (Å²) in [7, 11) is 1.57. The number of nitrogens with two attached hydrogens (primary N) is 1. The number of rotatable bonds is 8. The molecule has 1 aliphatic carbocycles. The Hall–Kier alpha value is -1.75. The Kier molecular flexibility index (Phi) is 5.44. The first-order chi connectivity index (χ1) is 10.1. The molecular formula is C16H25N3O2. The maximum atomic E-state index is 12.1. The summed E-state index contributed by atoms with van der Waals surface area (Å²) in [6.45, 7) is 4.07. The summed E-state index contributed by atoms with van der Waals surface area (Å²) >= 11 is 0. The van der Waals surface area contributed by atoms with Crippen LogP contribution in [0, 0.1) is 0 Å². The van der Waals surface area contributed by atoms with Gasteiger partial charge in [-0.15, -0.1) is 0 Å². The Labute approximate surface area is 126 Å². The van der Waals surface area contributed by atoms with E-state index in [9.17, 15) is 4.79 Å². The SMILES string of the molecule is CCCN(CCC(=O)Nc1ccc(N)cc1OC)C1CC1. The number of methoxy groups -OCH3 is 1. The van der Waals surface area contributed by atoms with Crippen LogP contribution in [0.5, 0.6) is 5.75 Å². The number of nitrogens with zero attached hydrogens (tertiary/aromatic N) is 1. The number of nitrogens with one attached hydrogen (secondary N) is 1. The molecule has 1 aliphatic rings. The van der Waals surface area contributed by atoms with Crippen molar-refractivity contribution in [2.45, 2.75) is 38.6 Å². The molecule has 0 aromatic heterocycles. The smallest absolute Gasteiger partial charge is 0.225 e. The molecule has 0 heterocycles. The molecule has 0 saturated heterocycles. The summed E-state index contributed by atoms with van der Waals surface area (Å²) in [5, 5.41) is 2.90. The standard InChI is InChI=1S/C16H25N3O2/c1-3-9-19(13-5-6-13)10-8-16(20)18-14-7-4-12(17)11-15(14)21-2/h4,7,11,13H,3,5-6,8-10,17H2,1-2H3,(H,18,20). The van der Waals surface area contributed by atoms with E-state index in [1.165, 1.54) is 12.8 Å². The van der Waals surface area contributed by atoms with Gasteiger partial charge in [-0.1, -0.05) is 6.92 Å². The van der Waals surface area contributed by atoms with Crippen LogP contribution in [0.1, 0.15) is 32.6 Å². The Balaban J connectivity index is 1.86. The van der Waals surface area contributed by atoms with Crippen LogP contribution in [0.4, 0.5) is 11.4 Å². The quantitative estimate of drug-likeness (QED) is 0.722. The highest BCUT2D eigenvalue weighted by Crippen LogP contribution is 2.28. The fourth-order valence-electron chi connectivity index (χ4n) is 2.47. The van der Waals surface area contributed by atoms with E-state index in [1.807, 2.05) is 0 Å². The molecule has 1 aromatic rings. The number of carbonyl (C=O) groups excluding carboxylic acids is 1. The zero-order valence-electron chi connectivity index (χ0n) is 12.9. The topological polar surface area (TPSA) is 67.6 Å². The van der Waals surface area contributed by atoms with Crippen molar-refractivity contribution in [3.05, 3.63) is 18.2 Å².